The number of carbonyl (C=O) groups is 1. The zero-order valence-electron chi connectivity index (χ0n) is 16.0. The molecule has 0 aliphatic carbocycles. The highest BCUT2D eigenvalue weighted by molar-refractivity contribution is 5.93. The van der Waals surface area contributed by atoms with Crippen LogP contribution >= 0.6 is 0 Å². The van der Waals surface area contributed by atoms with Crippen LogP contribution in [-0.4, -0.2) is 30.6 Å². The molecule has 2 N–H and O–H groups in total. The molecular formula is C19H25N7O. The molecule has 0 unspecified atom stereocenters. The number of aryl methyl sites for hydroxylation is 2. The molecule has 0 saturated heterocycles. The molecule has 3 rings (SSSR count). The SMILES string of the molecule is CC(C)C[C@@H](NC(=O)Nc1c(-c2ccccc2)cnn1C)c1ncnn1C. The summed E-state index contributed by atoms with van der Waals surface area (Å²) in [6.07, 6.45) is 4.01. The maximum Gasteiger partial charge on any atom is 0.321 e. The zero-order valence-corrected chi connectivity index (χ0v) is 16.0. The van der Waals surface area contributed by atoms with Crippen LogP contribution in [0.25, 0.3) is 11.1 Å². The van der Waals surface area contributed by atoms with Crippen LogP contribution < -0.4 is 10.6 Å². The van der Waals surface area contributed by atoms with E-state index in [1.165, 1.54) is 6.33 Å². The third kappa shape index (κ3) is 4.33. The van der Waals surface area contributed by atoms with E-state index in [4.69, 9.17) is 0 Å². The van der Waals surface area contributed by atoms with Crippen molar-refractivity contribution in [3.63, 3.8) is 0 Å². The van der Waals surface area contributed by atoms with Crippen molar-refractivity contribution in [3.8, 4) is 11.1 Å². The van der Waals surface area contributed by atoms with E-state index in [0.29, 0.717) is 11.7 Å². The minimum absolute atomic E-state index is 0.231. The van der Waals surface area contributed by atoms with Crippen molar-refractivity contribution in [2.45, 2.75) is 26.3 Å². The van der Waals surface area contributed by atoms with Gasteiger partial charge in [0.15, 0.2) is 0 Å². The van der Waals surface area contributed by atoms with Gasteiger partial charge in [0.25, 0.3) is 0 Å². The van der Waals surface area contributed by atoms with Gasteiger partial charge in [0.1, 0.15) is 18.0 Å². The smallest absolute Gasteiger partial charge is 0.321 e. The van der Waals surface area contributed by atoms with Crippen LogP contribution in [0.1, 0.15) is 32.1 Å². The Morgan fingerprint density at radius 2 is 1.85 bits per heavy atom. The molecule has 0 aliphatic rings. The lowest BCUT2D eigenvalue weighted by atomic mass is 10.0. The molecule has 0 fully saturated rings. The zero-order chi connectivity index (χ0) is 19.4. The standard InChI is InChI=1S/C19H25N7O/c1-13(2)10-16(18-20-12-22-26(18)4)23-19(27)24-17-15(11-21-25(17)3)14-8-6-5-7-9-14/h5-9,11-13,16H,10H2,1-4H3,(H2,23,24,27)/t16-/m1/s1. The van der Waals surface area contributed by atoms with Crippen LogP contribution in [0.2, 0.25) is 0 Å². The Hall–Kier alpha value is -3.16. The third-order valence-corrected chi connectivity index (χ3v) is 4.33. The van der Waals surface area contributed by atoms with E-state index < -0.39 is 0 Å². The summed E-state index contributed by atoms with van der Waals surface area (Å²) in [5.74, 6) is 1.76. The Morgan fingerprint density at radius 1 is 1.11 bits per heavy atom. The van der Waals surface area contributed by atoms with Crippen molar-refractivity contribution in [3.05, 3.63) is 48.7 Å². The van der Waals surface area contributed by atoms with Crippen molar-refractivity contribution in [2.75, 3.05) is 5.32 Å². The predicted octanol–water partition coefficient (Wildman–Crippen LogP) is 3.12. The lowest BCUT2D eigenvalue weighted by Crippen LogP contribution is -2.35. The summed E-state index contributed by atoms with van der Waals surface area (Å²) in [6.45, 7) is 4.22. The largest absolute Gasteiger partial charge is 0.328 e. The molecule has 0 bridgehead atoms. The second kappa shape index (κ2) is 8.03. The number of rotatable bonds is 6. The minimum atomic E-state index is -0.301. The van der Waals surface area contributed by atoms with Crippen molar-refractivity contribution >= 4 is 11.8 Å². The fourth-order valence-corrected chi connectivity index (χ4v) is 3.04. The van der Waals surface area contributed by atoms with Crippen LogP contribution in [0.15, 0.2) is 42.9 Å². The summed E-state index contributed by atoms with van der Waals surface area (Å²) >= 11 is 0. The maximum absolute atomic E-state index is 12.7. The predicted molar refractivity (Wildman–Crippen MR) is 104 cm³/mol. The first-order chi connectivity index (χ1) is 13.0. The summed E-state index contributed by atoms with van der Waals surface area (Å²) in [5.41, 5.74) is 1.86. The molecule has 2 aromatic heterocycles. The number of carbonyl (C=O) groups excluding carboxylic acids is 1. The summed E-state index contributed by atoms with van der Waals surface area (Å²) < 4.78 is 3.34. The number of nitrogens with one attached hydrogen (secondary N) is 2. The third-order valence-electron chi connectivity index (χ3n) is 4.33. The van der Waals surface area contributed by atoms with Gasteiger partial charge in [0, 0.05) is 19.7 Å². The Morgan fingerprint density at radius 3 is 2.48 bits per heavy atom. The molecule has 2 heterocycles. The molecule has 1 atom stereocenters. The number of aromatic nitrogens is 5. The summed E-state index contributed by atoms with van der Waals surface area (Å²) in [5, 5.41) is 14.4. The average Bonchev–Trinajstić information content (AvgIpc) is 3.21. The van der Waals surface area contributed by atoms with E-state index in [9.17, 15) is 4.79 Å². The van der Waals surface area contributed by atoms with Gasteiger partial charge in [-0.05, 0) is 17.9 Å². The van der Waals surface area contributed by atoms with Gasteiger partial charge < -0.3 is 5.32 Å². The lowest BCUT2D eigenvalue weighted by molar-refractivity contribution is 0.245. The monoisotopic (exact) mass is 367 g/mol. The van der Waals surface area contributed by atoms with Gasteiger partial charge in [0.2, 0.25) is 0 Å². The molecule has 2 amide bonds. The molecule has 1 aromatic carbocycles. The highest BCUT2D eigenvalue weighted by Crippen LogP contribution is 2.27. The quantitative estimate of drug-likeness (QED) is 0.700. The topological polar surface area (TPSA) is 89.7 Å². The number of benzene rings is 1. The Kier molecular flexibility index (Phi) is 5.54. The molecule has 27 heavy (non-hydrogen) atoms. The van der Waals surface area contributed by atoms with Gasteiger partial charge in [-0.1, -0.05) is 44.2 Å². The van der Waals surface area contributed by atoms with Gasteiger partial charge in [-0.15, -0.1) is 0 Å². The molecule has 142 valence electrons. The van der Waals surface area contributed by atoms with Crippen molar-refractivity contribution in [1.82, 2.24) is 29.9 Å². The average molecular weight is 367 g/mol. The minimum Gasteiger partial charge on any atom is -0.328 e. The van der Waals surface area contributed by atoms with Gasteiger partial charge in [-0.3, -0.25) is 14.7 Å². The lowest BCUT2D eigenvalue weighted by Gasteiger charge is -2.20. The molecule has 0 radical (unpaired) electrons. The fraction of sp³-hybridized carbons (Fsp3) is 0.368. The van der Waals surface area contributed by atoms with Crippen molar-refractivity contribution < 1.29 is 4.79 Å². The van der Waals surface area contributed by atoms with E-state index in [1.54, 1.807) is 22.6 Å². The van der Waals surface area contributed by atoms with Crippen LogP contribution in [-0.2, 0) is 14.1 Å². The number of hydrogen-bond donors (Lipinski definition) is 2. The maximum atomic E-state index is 12.7. The fourth-order valence-electron chi connectivity index (χ4n) is 3.04. The van der Waals surface area contributed by atoms with E-state index in [1.807, 2.05) is 37.4 Å². The first-order valence-corrected chi connectivity index (χ1v) is 8.94. The molecule has 0 spiro atoms. The molecule has 0 aliphatic heterocycles. The van der Waals surface area contributed by atoms with Gasteiger partial charge in [-0.2, -0.15) is 10.2 Å². The van der Waals surface area contributed by atoms with E-state index >= 15 is 0 Å². The second-order valence-corrected chi connectivity index (χ2v) is 6.92. The Labute approximate surface area is 158 Å². The van der Waals surface area contributed by atoms with E-state index in [0.717, 1.165) is 23.4 Å². The Bertz CT molecular complexity index is 898. The van der Waals surface area contributed by atoms with Gasteiger partial charge >= 0.3 is 6.03 Å². The second-order valence-electron chi connectivity index (χ2n) is 6.92. The van der Waals surface area contributed by atoms with E-state index in [2.05, 4.69) is 39.7 Å². The number of hydrogen-bond acceptors (Lipinski definition) is 4. The van der Waals surface area contributed by atoms with Crippen LogP contribution in [0.3, 0.4) is 0 Å². The summed E-state index contributed by atoms with van der Waals surface area (Å²) in [4.78, 5) is 17.0. The van der Waals surface area contributed by atoms with E-state index in [-0.39, 0.29) is 12.1 Å². The molecule has 8 heteroatoms. The molecule has 8 nitrogen and oxygen atoms in total. The van der Waals surface area contributed by atoms with Crippen LogP contribution in [0.5, 0.6) is 0 Å². The number of nitrogens with zero attached hydrogens (tertiary/aromatic N) is 5. The first-order valence-electron chi connectivity index (χ1n) is 8.94. The van der Waals surface area contributed by atoms with Crippen LogP contribution in [0.4, 0.5) is 10.6 Å². The molecule has 3 aromatic rings. The highest BCUT2D eigenvalue weighted by atomic mass is 16.2. The van der Waals surface area contributed by atoms with Crippen LogP contribution in [0, 0.1) is 5.92 Å². The first kappa shape index (κ1) is 18.6. The number of anilines is 1. The molecule has 0 saturated carbocycles. The number of amides is 2. The summed E-state index contributed by atoms with van der Waals surface area (Å²) in [6, 6.07) is 9.31. The van der Waals surface area contributed by atoms with Gasteiger partial charge in [0.05, 0.1) is 12.2 Å². The highest BCUT2D eigenvalue weighted by Gasteiger charge is 2.22. The Balaban J connectivity index is 1.79. The van der Waals surface area contributed by atoms with Crippen molar-refractivity contribution in [1.29, 1.82) is 0 Å². The summed E-state index contributed by atoms with van der Waals surface area (Å²) in [7, 11) is 3.63. The molecular weight excluding hydrogens is 342 g/mol. The number of urea groups is 1. The van der Waals surface area contributed by atoms with Gasteiger partial charge in [-0.25, -0.2) is 9.78 Å². The normalized spacial score (nSPS) is 12.2. The van der Waals surface area contributed by atoms with Crippen molar-refractivity contribution in [2.24, 2.45) is 20.0 Å².